The molecular weight excluding hydrogens is 298 g/mol. The first-order valence-corrected chi connectivity index (χ1v) is 8.96. The van der Waals surface area contributed by atoms with Crippen LogP contribution in [0, 0.1) is 11.3 Å². The molecule has 22 heavy (non-hydrogen) atoms. The van der Waals surface area contributed by atoms with Gasteiger partial charge in [0.25, 0.3) is 0 Å². The number of thiophene rings is 1. The maximum absolute atomic E-state index is 12.4. The van der Waals surface area contributed by atoms with Gasteiger partial charge in [-0.1, -0.05) is 39.2 Å². The summed E-state index contributed by atoms with van der Waals surface area (Å²) in [5.74, 6) is -0.582. The zero-order valence-corrected chi connectivity index (χ0v) is 14.1. The Hall–Kier alpha value is -1.36. The van der Waals surface area contributed by atoms with Gasteiger partial charge in [-0.25, -0.2) is 0 Å². The molecule has 0 bridgehead atoms. The average molecular weight is 323 g/mol. The fraction of sp³-hybridized carbons (Fsp3) is 0.647. The van der Waals surface area contributed by atoms with Crippen molar-refractivity contribution in [1.82, 2.24) is 5.32 Å². The maximum Gasteiger partial charge on any atom is 0.310 e. The molecule has 1 aliphatic rings. The molecule has 1 aliphatic carbocycles. The van der Waals surface area contributed by atoms with E-state index >= 15 is 0 Å². The second-order valence-corrected chi connectivity index (χ2v) is 7.23. The van der Waals surface area contributed by atoms with Gasteiger partial charge in [-0.05, 0) is 30.2 Å². The van der Waals surface area contributed by atoms with Crippen molar-refractivity contribution in [2.75, 3.05) is 0 Å². The van der Waals surface area contributed by atoms with Crippen molar-refractivity contribution in [3.63, 3.8) is 0 Å². The number of hydrogen-bond acceptors (Lipinski definition) is 3. The highest BCUT2D eigenvalue weighted by Crippen LogP contribution is 2.44. The van der Waals surface area contributed by atoms with Crippen molar-refractivity contribution in [3.05, 3.63) is 22.4 Å². The van der Waals surface area contributed by atoms with Crippen LogP contribution in [0.4, 0.5) is 0 Å². The van der Waals surface area contributed by atoms with Gasteiger partial charge in [-0.15, -0.1) is 11.3 Å². The summed E-state index contributed by atoms with van der Waals surface area (Å²) < 4.78 is 0. The average Bonchev–Trinajstić information content (AvgIpc) is 2.96. The molecule has 1 atom stereocenters. The van der Waals surface area contributed by atoms with Crippen LogP contribution in [0.5, 0.6) is 0 Å². The van der Waals surface area contributed by atoms with Crippen LogP contribution < -0.4 is 5.32 Å². The Labute approximate surface area is 135 Å². The van der Waals surface area contributed by atoms with Crippen LogP contribution >= 0.6 is 11.3 Å². The van der Waals surface area contributed by atoms with Crippen LogP contribution in [0.25, 0.3) is 0 Å². The lowest BCUT2D eigenvalue weighted by molar-refractivity contribution is -0.157. The van der Waals surface area contributed by atoms with E-state index in [0.717, 1.165) is 24.1 Å². The molecule has 1 aromatic heterocycles. The summed E-state index contributed by atoms with van der Waals surface area (Å²) in [6.45, 7) is 4.26. The van der Waals surface area contributed by atoms with E-state index in [1.807, 2.05) is 17.5 Å². The molecule has 0 saturated heterocycles. The van der Waals surface area contributed by atoms with E-state index < -0.39 is 11.4 Å². The maximum atomic E-state index is 12.4. The van der Waals surface area contributed by atoms with Gasteiger partial charge in [0.2, 0.25) is 5.91 Å². The van der Waals surface area contributed by atoms with E-state index in [4.69, 9.17) is 0 Å². The summed E-state index contributed by atoms with van der Waals surface area (Å²) in [5, 5.41) is 14.5. The first-order valence-electron chi connectivity index (χ1n) is 8.08. The van der Waals surface area contributed by atoms with Gasteiger partial charge in [-0.3, -0.25) is 9.59 Å². The largest absolute Gasteiger partial charge is 0.481 e. The Morgan fingerprint density at radius 1 is 1.36 bits per heavy atom. The third kappa shape index (κ3) is 3.51. The Kier molecular flexibility index (Phi) is 5.62. The van der Waals surface area contributed by atoms with Crippen LogP contribution in [0.2, 0.25) is 0 Å². The molecule has 1 aromatic rings. The summed E-state index contributed by atoms with van der Waals surface area (Å²) in [5.41, 5.74) is -0.821. The minimum absolute atomic E-state index is 0.00609. The standard InChI is InChI=1S/C17H25NO3S/c1-3-12(4-2)15(13-7-5-10-22-13)18-14(19)11-17(16(20)21)8-6-9-17/h5,7,10,12,15H,3-4,6,8-9,11H2,1-2H3,(H,18,19)(H,20,21). The molecule has 1 saturated carbocycles. The third-order valence-electron chi connectivity index (χ3n) is 4.95. The SMILES string of the molecule is CCC(CC)C(NC(=O)CC1(C(=O)O)CCC1)c1cccs1. The highest BCUT2D eigenvalue weighted by Gasteiger charge is 2.46. The Balaban J connectivity index is 2.07. The quantitative estimate of drug-likeness (QED) is 0.760. The minimum atomic E-state index is -0.830. The number of nitrogens with one attached hydrogen (secondary N) is 1. The molecule has 1 fully saturated rings. The van der Waals surface area contributed by atoms with E-state index in [1.54, 1.807) is 11.3 Å². The van der Waals surface area contributed by atoms with Crippen molar-refractivity contribution in [3.8, 4) is 0 Å². The number of hydrogen-bond donors (Lipinski definition) is 2. The molecule has 2 rings (SSSR count). The van der Waals surface area contributed by atoms with Crippen molar-refractivity contribution < 1.29 is 14.7 Å². The minimum Gasteiger partial charge on any atom is -0.481 e. The Bertz CT molecular complexity index is 504. The van der Waals surface area contributed by atoms with Crippen LogP contribution in [0.3, 0.4) is 0 Å². The first-order chi connectivity index (χ1) is 10.5. The fourth-order valence-electron chi connectivity index (χ4n) is 3.25. The molecular formula is C17H25NO3S. The van der Waals surface area contributed by atoms with E-state index in [0.29, 0.717) is 18.8 Å². The lowest BCUT2D eigenvalue weighted by atomic mass is 9.66. The van der Waals surface area contributed by atoms with Gasteiger partial charge in [0.15, 0.2) is 0 Å². The van der Waals surface area contributed by atoms with E-state index in [1.165, 1.54) is 0 Å². The van der Waals surface area contributed by atoms with Gasteiger partial charge in [0.05, 0.1) is 11.5 Å². The summed E-state index contributed by atoms with van der Waals surface area (Å²) >= 11 is 1.65. The number of aliphatic carboxylic acids is 1. The van der Waals surface area contributed by atoms with E-state index in [2.05, 4.69) is 19.2 Å². The Morgan fingerprint density at radius 3 is 2.45 bits per heavy atom. The monoisotopic (exact) mass is 323 g/mol. The lowest BCUT2D eigenvalue weighted by Crippen LogP contribution is -2.44. The molecule has 0 aliphatic heterocycles. The van der Waals surface area contributed by atoms with Crippen molar-refractivity contribution in [2.45, 2.75) is 58.4 Å². The van der Waals surface area contributed by atoms with Crippen molar-refractivity contribution in [2.24, 2.45) is 11.3 Å². The van der Waals surface area contributed by atoms with Crippen LogP contribution in [-0.2, 0) is 9.59 Å². The molecule has 0 aromatic carbocycles. The molecule has 122 valence electrons. The van der Waals surface area contributed by atoms with Crippen LogP contribution in [0.15, 0.2) is 17.5 Å². The van der Waals surface area contributed by atoms with Crippen LogP contribution in [-0.4, -0.2) is 17.0 Å². The summed E-state index contributed by atoms with van der Waals surface area (Å²) in [4.78, 5) is 25.0. The van der Waals surface area contributed by atoms with Gasteiger partial charge < -0.3 is 10.4 Å². The van der Waals surface area contributed by atoms with Gasteiger partial charge >= 0.3 is 5.97 Å². The summed E-state index contributed by atoms with van der Waals surface area (Å²) in [6, 6.07) is 4.03. The van der Waals surface area contributed by atoms with Crippen molar-refractivity contribution >= 4 is 23.2 Å². The molecule has 0 spiro atoms. The van der Waals surface area contributed by atoms with E-state index in [-0.39, 0.29) is 18.4 Å². The zero-order chi connectivity index (χ0) is 16.2. The van der Waals surface area contributed by atoms with Crippen LogP contribution in [0.1, 0.15) is 63.3 Å². The number of carbonyl (C=O) groups excluding carboxylic acids is 1. The van der Waals surface area contributed by atoms with Crippen molar-refractivity contribution in [1.29, 1.82) is 0 Å². The molecule has 1 heterocycles. The highest BCUT2D eigenvalue weighted by atomic mass is 32.1. The predicted molar refractivity (Wildman–Crippen MR) is 87.8 cm³/mol. The predicted octanol–water partition coefficient (Wildman–Crippen LogP) is 3.99. The number of rotatable bonds is 8. The second-order valence-electron chi connectivity index (χ2n) is 6.25. The molecule has 1 amide bonds. The van der Waals surface area contributed by atoms with E-state index in [9.17, 15) is 14.7 Å². The normalized spacial score (nSPS) is 17.8. The number of carboxylic acid groups (broad SMARTS) is 1. The highest BCUT2D eigenvalue weighted by molar-refractivity contribution is 7.10. The first kappa shape index (κ1) is 17.0. The van der Waals surface area contributed by atoms with Gasteiger partial charge in [0.1, 0.15) is 0 Å². The molecule has 2 N–H and O–H groups in total. The number of amides is 1. The molecule has 4 nitrogen and oxygen atoms in total. The number of carbonyl (C=O) groups is 2. The Morgan fingerprint density at radius 2 is 2.05 bits per heavy atom. The van der Waals surface area contributed by atoms with Gasteiger partial charge in [0, 0.05) is 11.3 Å². The zero-order valence-electron chi connectivity index (χ0n) is 13.3. The number of carboxylic acids is 1. The summed E-state index contributed by atoms with van der Waals surface area (Å²) in [6.07, 6.45) is 4.21. The smallest absolute Gasteiger partial charge is 0.310 e. The lowest BCUT2D eigenvalue weighted by Gasteiger charge is -2.37. The van der Waals surface area contributed by atoms with Gasteiger partial charge in [-0.2, -0.15) is 0 Å². The fourth-order valence-corrected chi connectivity index (χ4v) is 4.12. The molecule has 0 radical (unpaired) electrons. The second kappa shape index (κ2) is 7.27. The summed E-state index contributed by atoms with van der Waals surface area (Å²) in [7, 11) is 0. The molecule has 1 unspecified atom stereocenters. The molecule has 5 heteroatoms. The third-order valence-corrected chi connectivity index (χ3v) is 5.91. The topological polar surface area (TPSA) is 66.4 Å².